The number of alkyl halides is 1. The summed E-state index contributed by atoms with van der Waals surface area (Å²) in [6.07, 6.45) is 7.81. The van der Waals surface area contributed by atoms with Gasteiger partial charge >= 0.3 is 0 Å². The molecule has 4 heterocycles. The van der Waals surface area contributed by atoms with Crippen LogP contribution in [0.3, 0.4) is 0 Å². The third-order valence-electron chi connectivity index (χ3n) is 9.69. The van der Waals surface area contributed by atoms with Gasteiger partial charge < -0.3 is 24.6 Å². The second-order valence-corrected chi connectivity index (χ2v) is 11.7. The second kappa shape index (κ2) is 10.3. The normalized spacial score (nSPS) is 41.4. The molecule has 0 aromatic rings. The van der Waals surface area contributed by atoms with Crippen molar-refractivity contribution >= 4 is 11.7 Å². The predicted molar refractivity (Wildman–Crippen MR) is 132 cm³/mol. The van der Waals surface area contributed by atoms with E-state index in [4.69, 9.17) is 9.47 Å². The molecule has 2 saturated carbocycles. The van der Waals surface area contributed by atoms with Crippen LogP contribution in [0.5, 0.6) is 0 Å². The molecule has 5 fully saturated rings. The van der Waals surface area contributed by atoms with Gasteiger partial charge in [-0.25, -0.2) is 4.39 Å². The van der Waals surface area contributed by atoms with Crippen molar-refractivity contribution in [2.75, 3.05) is 46.4 Å². The van der Waals surface area contributed by atoms with Gasteiger partial charge in [0, 0.05) is 37.8 Å². The number of morpholine rings is 2. The molecule has 8 atom stereocenters. The Morgan fingerprint density at radius 3 is 2.69 bits per heavy atom. The quantitative estimate of drug-likeness (QED) is 0.569. The maximum Gasteiger partial charge on any atom is 0.256 e. The molecule has 36 heavy (non-hydrogen) atoms. The molecular weight excluding hydrogens is 463 g/mol. The monoisotopic (exact) mass is 504 g/mol. The van der Waals surface area contributed by atoms with E-state index in [2.05, 4.69) is 27.1 Å². The number of carbonyl (C=O) groups excluding carboxylic acids is 2. The van der Waals surface area contributed by atoms with Crippen molar-refractivity contribution in [3.05, 3.63) is 11.8 Å². The summed E-state index contributed by atoms with van der Waals surface area (Å²) in [6.45, 7) is 4.21. The molecule has 4 aliphatic heterocycles. The summed E-state index contributed by atoms with van der Waals surface area (Å²) in [5.41, 5.74) is 0.207. The Morgan fingerprint density at radius 2 is 1.92 bits per heavy atom. The standard InChI is InChI=1S/C27H41FN4O4/c1-30-10-4-5-17(30)8-9-29-27(34)19-16-32-21-6-2-3-7-22(21)36-26-23(32)18(25(19)33)15-20(28)24(26)31-11-13-35-14-12-31/h16-18,20-24,26H,2-15H2,1H3,(H,29,34). The Labute approximate surface area is 213 Å². The third-order valence-corrected chi connectivity index (χ3v) is 9.69. The molecule has 9 heteroatoms. The number of likely N-dealkylation sites (tertiary alicyclic amines) is 1. The van der Waals surface area contributed by atoms with Crippen LogP contribution in [0.4, 0.5) is 4.39 Å². The van der Waals surface area contributed by atoms with Crippen LogP contribution in [-0.4, -0.2) is 115 Å². The van der Waals surface area contributed by atoms with E-state index in [9.17, 15) is 9.59 Å². The molecule has 8 nitrogen and oxygen atoms in total. The summed E-state index contributed by atoms with van der Waals surface area (Å²) in [6, 6.07) is 0.0457. The van der Waals surface area contributed by atoms with Gasteiger partial charge in [-0.1, -0.05) is 12.8 Å². The number of ether oxygens (including phenoxy) is 2. The SMILES string of the molecule is CN1CCCC1CCNC(=O)C1=CN2C3CCCCC3OC3C(N4CCOCC4)C(F)CC(C1=O)C32. The van der Waals surface area contributed by atoms with Gasteiger partial charge in [0.1, 0.15) is 6.17 Å². The van der Waals surface area contributed by atoms with Gasteiger partial charge in [-0.2, -0.15) is 0 Å². The number of amides is 1. The summed E-state index contributed by atoms with van der Waals surface area (Å²) in [7, 11) is 2.13. The molecule has 2 aliphatic carbocycles. The van der Waals surface area contributed by atoms with E-state index in [1.807, 2.05) is 6.20 Å². The molecular formula is C27H41FN4O4. The van der Waals surface area contributed by atoms with Gasteiger partial charge in [-0.3, -0.25) is 14.5 Å². The number of fused-ring (bicyclic) bond motifs is 2. The minimum atomic E-state index is -1.17. The topological polar surface area (TPSA) is 74.3 Å². The molecule has 0 radical (unpaired) electrons. The van der Waals surface area contributed by atoms with Crippen molar-refractivity contribution < 1.29 is 23.5 Å². The van der Waals surface area contributed by atoms with Crippen LogP contribution >= 0.6 is 0 Å². The van der Waals surface area contributed by atoms with Crippen molar-refractivity contribution in [2.24, 2.45) is 5.92 Å². The van der Waals surface area contributed by atoms with Crippen LogP contribution < -0.4 is 5.32 Å². The van der Waals surface area contributed by atoms with E-state index < -0.39 is 12.1 Å². The van der Waals surface area contributed by atoms with Gasteiger partial charge in [0.2, 0.25) is 0 Å². The predicted octanol–water partition coefficient (Wildman–Crippen LogP) is 1.49. The number of Topliss-reactive ketones (excluding diaryl/α,β-unsaturated/α-hetero) is 1. The average Bonchev–Trinajstić information content (AvgIpc) is 3.30. The van der Waals surface area contributed by atoms with Crippen molar-refractivity contribution in [2.45, 2.75) is 93.9 Å². The van der Waals surface area contributed by atoms with Crippen LogP contribution in [0.15, 0.2) is 11.8 Å². The number of carbonyl (C=O) groups is 2. The Morgan fingerprint density at radius 1 is 1.11 bits per heavy atom. The van der Waals surface area contributed by atoms with Gasteiger partial charge in [0.05, 0.1) is 49.1 Å². The van der Waals surface area contributed by atoms with E-state index in [1.165, 1.54) is 6.42 Å². The highest BCUT2D eigenvalue weighted by atomic mass is 19.1. The molecule has 0 spiro atoms. The smallest absolute Gasteiger partial charge is 0.256 e. The lowest BCUT2D eigenvalue weighted by Gasteiger charge is -2.60. The van der Waals surface area contributed by atoms with Crippen LogP contribution in [0, 0.1) is 5.92 Å². The minimum absolute atomic E-state index is 0.0150. The molecule has 0 aromatic heterocycles. The van der Waals surface area contributed by atoms with Gasteiger partial charge in [-0.05, 0) is 52.1 Å². The first-order chi connectivity index (χ1) is 17.5. The average molecular weight is 505 g/mol. The molecule has 0 bridgehead atoms. The van der Waals surface area contributed by atoms with Crippen LogP contribution in [-0.2, 0) is 19.1 Å². The minimum Gasteiger partial charge on any atom is -0.379 e. The summed E-state index contributed by atoms with van der Waals surface area (Å²) < 4.78 is 28.1. The highest BCUT2D eigenvalue weighted by Gasteiger charge is 2.59. The maximum atomic E-state index is 15.9. The fraction of sp³-hybridized carbons (Fsp3) is 0.852. The van der Waals surface area contributed by atoms with E-state index in [0.717, 1.165) is 45.1 Å². The summed E-state index contributed by atoms with van der Waals surface area (Å²) in [5.74, 6) is -1.06. The zero-order chi connectivity index (χ0) is 24.8. The van der Waals surface area contributed by atoms with Crippen molar-refractivity contribution in [3.63, 3.8) is 0 Å². The number of hydrogen-bond donors (Lipinski definition) is 1. The number of halogens is 1. The second-order valence-electron chi connectivity index (χ2n) is 11.7. The third kappa shape index (κ3) is 4.40. The van der Waals surface area contributed by atoms with Crippen LogP contribution in [0.25, 0.3) is 0 Å². The number of rotatable bonds is 5. The van der Waals surface area contributed by atoms with E-state index in [0.29, 0.717) is 38.9 Å². The van der Waals surface area contributed by atoms with Crippen molar-refractivity contribution in [3.8, 4) is 0 Å². The fourth-order valence-corrected chi connectivity index (χ4v) is 7.83. The van der Waals surface area contributed by atoms with Gasteiger partial charge in [0.15, 0.2) is 5.78 Å². The molecule has 6 aliphatic rings. The Kier molecular flexibility index (Phi) is 7.09. The number of nitrogens with zero attached hydrogens (tertiary/aromatic N) is 3. The Balaban J connectivity index is 1.25. The largest absolute Gasteiger partial charge is 0.379 e. The number of ketones is 1. The highest BCUT2D eigenvalue weighted by molar-refractivity contribution is 6.20. The van der Waals surface area contributed by atoms with E-state index in [-0.39, 0.29) is 54.0 Å². The lowest BCUT2D eigenvalue weighted by molar-refractivity contribution is -0.215. The van der Waals surface area contributed by atoms with Gasteiger partial charge in [-0.15, -0.1) is 0 Å². The Hall–Kier alpha value is -1.55. The molecule has 1 N–H and O–H groups in total. The fourth-order valence-electron chi connectivity index (χ4n) is 7.83. The zero-order valence-electron chi connectivity index (χ0n) is 21.4. The summed E-state index contributed by atoms with van der Waals surface area (Å²) in [4.78, 5) is 33.7. The van der Waals surface area contributed by atoms with E-state index in [1.54, 1.807) is 0 Å². The van der Waals surface area contributed by atoms with E-state index >= 15 is 4.39 Å². The number of nitrogens with one attached hydrogen (secondary N) is 1. The zero-order valence-corrected chi connectivity index (χ0v) is 21.4. The first kappa shape index (κ1) is 24.8. The molecule has 8 unspecified atom stereocenters. The Bertz CT molecular complexity index is 880. The molecule has 3 saturated heterocycles. The van der Waals surface area contributed by atoms with Crippen molar-refractivity contribution in [1.29, 1.82) is 0 Å². The molecule has 200 valence electrons. The molecule has 6 rings (SSSR count). The van der Waals surface area contributed by atoms with Crippen LogP contribution in [0.1, 0.15) is 51.4 Å². The maximum absolute atomic E-state index is 15.9. The van der Waals surface area contributed by atoms with Crippen molar-refractivity contribution in [1.82, 2.24) is 20.0 Å². The van der Waals surface area contributed by atoms with Gasteiger partial charge in [0.25, 0.3) is 5.91 Å². The lowest BCUT2D eigenvalue weighted by atomic mass is 9.69. The first-order valence-corrected chi connectivity index (χ1v) is 14.2. The summed E-state index contributed by atoms with van der Waals surface area (Å²) >= 11 is 0. The summed E-state index contributed by atoms with van der Waals surface area (Å²) in [5, 5.41) is 3.01. The molecule has 1 amide bonds. The molecule has 0 aromatic carbocycles. The van der Waals surface area contributed by atoms with Crippen LogP contribution in [0.2, 0.25) is 0 Å². The lowest BCUT2D eigenvalue weighted by Crippen LogP contribution is -2.73. The number of hydrogen-bond acceptors (Lipinski definition) is 7. The first-order valence-electron chi connectivity index (χ1n) is 14.2. The highest BCUT2D eigenvalue weighted by Crippen LogP contribution is 2.46.